The molecule has 0 unspecified atom stereocenters. The number of hydrogen-bond acceptors (Lipinski definition) is 4. The molecule has 1 aromatic heterocycles. The normalized spacial score (nSPS) is 10.7. The molecule has 150 valence electrons. The number of nitrogens with one attached hydrogen (secondary N) is 1. The summed E-state index contributed by atoms with van der Waals surface area (Å²) in [5, 5.41) is 12.9. The third-order valence-corrected chi connectivity index (χ3v) is 5.96. The molecule has 1 N–H and O–H groups in total. The van der Waals surface area contributed by atoms with Crippen LogP contribution in [0.1, 0.15) is 27.3 Å². The predicted octanol–water partition coefficient (Wildman–Crippen LogP) is 5.30. The number of nitrogens with zero attached hydrogens (tertiary/aromatic N) is 3. The molecule has 3 rings (SSSR count). The SMILES string of the molecule is C=CCn1c(CNC(=O)c2ccc(Cl)c(Cl)c2)nnc1SCc1ccc(C)cc1. The number of allylic oxidation sites excluding steroid dienone is 1. The van der Waals surface area contributed by atoms with Crippen LogP contribution in [0, 0.1) is 6.92 Å². The number of amides is 1. The van der Waals surface area contributed by atoms with Gasteiger partial charge in [-0.3, -0.25) is 4.79 Å². The van der Waals surface area contributed by atoms with Crippen molar-refractivity contribution in [3.05, 3.63) is 87.7 Å². The van der Waals surface area contributed by atoms with Crippen molar-refractivity contribution in [3.8, 4) is 0 Å². The molecular formula is C21H20Cl2N4OS. The minimum Gasteiger partial charge on any atom is -0.345 e. The number of benzene rings is 2. The van der Waals surface area contributed by atoms with Crippen molar-refractivity contribution in [2.45, 2.75) is 30.9 Å². The van der Waals surface area contributed by atoms with Crippen LogP contribution in [0.3, 0.4) is 0 Å². The topological polar surface area (TPSA) is 59.8 Å². The smallest absolute Gasteiger partial charge is 0.251 e. The Morgan fingerprint density at radius 1 is 1.17 bits per heavy atom. The monoisotopic (exact) mass is 446 g/mol. The first-order valence-corrected chi connectivity index (χ1v) is 10.7. The molecule has 8 heteroatoms. The molecule has 3 aromatic rings. The molecule has 1 heterocycles. The summed E-state index contributed by atoms with van der Waals surface area (Å²) in [4.78, 5) is 12.4. The molecule has 0 aliphatic carbocycles. The van der Waals surface area contributed by atoms with E-state index in [2.05, 4.69) is 53.3 Å². The van der Waals surface area contributed by atoms with Gasteiger partial charge in [-0.05, 0) is 30.7 Å². The molecule has 1 amide bonds. The number of aryl methyl sites for hydroxylation is 1. The van der Waals surface area contributed by atoms with E-state index in [0.29, 0.717) is 28.0 Å². The van der Waals surface area contributed by atoms with Gasteiger partial charge in [0.15, 0.2) is 11.0 Å². The van der Waals surface area contributed by atoms with Crippen LogP contribution in [-0.4, -0.2) is 20.7 Å². The van der Waals surface area contributed by atoms with Gasteiger partial charge in [-0.1, -0.05) is 70.9 Å². The van der Waals surface area contributed by atoms with Gasteiger partial charge in [0.05, 0.1) is 16.6 Å². The van der Waals surface area contributed by atoms with Gasteiger partial charge in [-0.15, -0.1) is 16.8 Å². The molecule has 0 bridgehead atoms. The van der Waals surface area contributed by atoms with E-state index in [0.717, 1.165) is 10.9 Å². The Morgan fingerprint density at radius 2 is 1.93 bits per heavy atom. The zero-order valence-corrected chi connectivity index (χ0v) is 18.2. The molecule has 0 radical (unpaired) electrons. The Bertz CT molecular complexity index is 1020. The van der Waals surface area contributed by atoms with Crippen LogP contribution in [0.2, 0.25) is 10.0 Å². The van der Waals surface area contributed by atoms with E-state index in [9.17, 15) is 4.79 Å². The van der Waals surface area contributed by atoms with Gasteiger partial charge in [0.1, 0.15) is 0 Å². The summed E-state index contributed by atoms with van der Waals surface area (Å²) in [7, 11) is 0. The summed E-state index contributed by atoms with van der Waals surface area (Å²) in [5.74, 6) is 1.18. The maximum atomic E-state index is 12.4. The van der Waals surface area contributed by atoms with Crippen molar-refractivity contribution in [2.24, 2.45) is 0 Å². The molecule has 5 nitrogen and oxygen atoms in total. The van der Waals surface area contributed by atoms with Gasteiger partial charge in [0, 0.05) is 17.9 Å². The lowest BCUT2D eigenvalue weighted by atomic mass is 10.2. The summed E-state index contributed by atoms with van der Waals surface area (Å²) in [5.41, 5.74) is 2.87. The van der Waals surface area contributed by atoms with Crippen LogP contribution < -0.4 is 5.32 Å². The maximum absolute atomic E-state index is 12.4. The molecule has 0 saturated heterocycles. The molecule has 0 aliphatic heterocycles. The fraction of sp³-hybridized carbons (Fsp3) is 0.190. The molecule has 0 saturated carbocycles. The van der Waals surface area contributed by atoms with E-state index < -0.39 is 0 Å². The van der Waals surface area contributed by atoms with Gasteiger partial charge in [0.25, 0.3) is 5.91 Å². The highest BCUT2D eigenvalue weighted by atomic mass is 35.5. The molecule has 0 atom stereocenters. The van der Waals surface area contributed by atoms with Crippen molar-refractivity contribution in [1.82, 2.24) is 20.1 Å². The van der Waals surface area contributed by atoms with Gasteiger partial charge in [0.2, 0.25) is 0 Å². The molecule has 0 spiro atoms. The van der Waals surface area contributed by atoms with Crippen LogP contribution in [0.25, 0.3) is 0 Å². The quantitative estimate of drug-likeness (QED) is 0.376. The largest absolute Gasteiger partial charge is 0.345 e. The third kappa shape index (κ3) is 5.63. The minimum atomic E-state index is -0.259. The van der Waals surface area contributed by atoms with E-state index in [1.54, 1.807) is 30.0 Å². The standard InChI is InChI=1S/C21H20Cl2N4OS/c1-3-10-27-19(12-24-20(28)16-8-9-17(22)18(23)11-16)25-26-21(27)29-13-15-6-4-14(2)5-7-15/h3-9,11H,1,10,12-13H2,2H3,(H,24,28). The zero-order valence-electron chi connectivity index (χ0n) is 15.9. The van der Waals surface area contributed by atoms with Crippen LogP contribution in [-0.2, 0) is 18.8 Å². The van der Waals surface area contributed by atoms with E-state index in [-0.39, 0.29) is 12.5 Å². The minimum absolute atomic E-state index is 0.241. The number of halogens is 2. The van der Waals surface area contributed by atoms with Gasteiger partial charge < -0.3 is 9.88 Å². The fourth-order valence-electron chi connectivity index (χ4n) is 2.60. The Hall–Kier alpha value is -2.28. The second-order valence-electron chi connectivity index (χ2n) is 6.38. The van der Waals surface area contributed by atoms with Crippen molar-refractivity contribution in [1.29, 1.82) is 0 Å². The molecule has 2 aromatic carbocycles. The summed E-state index contributed by atoms with van der Waals surface area (Å²) >= 11 is 13.5. The third-order valence-electron chi connectivity index (χ3n) is 4.18. The number of aromatic nitrogens is 3. The summed E-state index contributed by atoms with van der Waals surface area (Å²) < 4.78 is 1.95. The maximum Gasteiger partial charge on any atom is 0.251 e. The summed E-state index contributed by atoms with van der Waals surface area (Å²) in [6.07, 6.45) is 1.78. The number of carbonyl (C=O) groups excluding carboxylic acids is 1. The van der Waals surface area contributed by atoms with Crippen molar-refractivity contribution >= 4 is 40.9 Å². The number of thioether (sulfide) groups is 1. The number of carbonyl (C=O) groups is 1. The average Bonchev–Trinajstić information content (AvgIpc) is 3.10. The Labute approximate surface area is 184 Å². The second-order valence-corrected chi connectivity index (χ2v) is 8.14. The Balaban J connectivity index is 1.67. The molecular weight excluding hydrogens is 427 g/mol. The van der Waals surface area contributed by atoms with E-state index in [1.165, 1.54) is 17.2 Å². The van der Waals surface area contributed by atoms with Crippen LogP contribution >= 0.6 is 35.0 Å². The molecule has 29 heavy (non-hydrogen) atoms. The van der Waals surface area contributed by atoms with Crippen molar-refractivity contribution in [3.63, 3.8) is 0 Å². The predicted molar refractivity (Wildman–Crippen MR) is 119 cm³/mol. The molecule has 0 fully saturated rings. The average molecular weight is 447 g/mol. The van der Waals surface area contributed by atoms with E-state index in [4.69, 9.17) is 23.2 Å². The van der Waals surface area contributed by atoms with Crippen molar-refractivity contribution in [2.75, 3.05) is 0 Å². The first-order chi connectivity index (χ1) is 14.0. The van der Waals surface area contributed by atoms with Crippen LogP contribution in [0.15, 0.2) is 60.3 Å². The first kappa shape index (κ1) is 21.4. The lowest BCUT2D eigenvalue weighted by Gasteiger charge is -2.09. The highest BCUT2D eigenvalue weighted by Gasteiger charge is 2.14. The van der Waals surface area contributed by atoms with E-state index >= 15 is 0 Å². The highest BCUT2D eigenvalue weighted by molar-refractivity contribution is 7.98. The van der Waals surface area contributed by atoms with Crippen molar-refractivity contribution < 1.29 is 4.79 Å². The number of rotatable bonds is 8. The number of hydrogen-bond donors (Lipinski definition) is 1. The lowest BCUT2D eigenvalue weighted by Crippen LogP contribution is -2.24. The zero-order chi connectivity index (χ0) is 20.8. The molecule has 0 aliphatic rings. The van der Waals surface area contributed by atoms with Crippen LogP contribution in [0.4, 0.5) is 0 Å². The van der Waals surface area contributed by atoms with Gasteiger partial charge >= 0.3 is 0 Å². The fourth-order valence-corrected chi connectivity index (χ4v) is 3.82. The second kappa shape index (κ2) is 9.96. The summed E-state index contributed by atoms with van der Waals surface area (Å²) in [6.45, 7) is 6.67. The Kier molecular flexibility index (Phi) is 7.36. The Morgan fingerprint density at radius 3 is 2.62 bits per heavy atom. The first-order valence-electron chi connectivity index (χ1n) is 8.92. The van der Waals surface area contributed by atoms with E-state index in [1.807, 2.05) is 4.57 Å². The van der Waals surface area contributed by atoms with Crippen LogP contribution in [0.5, 0.6) is 0 Å². The van der Waals surface area contributed by atoms with Gasteiger partial charge in [-0.25, -0.2) is 0 Å². The summed E-state index contributed by atoms with van der Waals surface area (Å²) in [6, 6.07) is 13.2. The lowest BCUT2D eigenvalue weighted by molar-refractivity contribution is 0.0949. The van der Waals surface area contributed by atoms with Gasteiger partial charge in [-0.2, -0.15) is 0 Å². The highest BCUT2D eigenvalue weighted by Crippen LogP contribution is 2.24.